The number of aliphatic hydroxyl groups is 1. The number of rotatable bonds is 3. The molecule has 0 fully saturated rings. The molecule has 4 N–H and O–H groups in total. The Bertz CT molecular complexity index is 331. The number of nitrogen functional groups attached to an aromatic ring is 1. The molecular formula is C9H12Cl2N2O. The van der Waals surface area contributed by atoms with E-state index in [4.69, 9.17) is 28.9 Å². The van der Waals surface area contributed by atoms with E-state index >= 15 is 0 Å². The predicted molar refractivity (Wildman–Crippen MR) is 59.8 cm³/mol. The lowest BCUT2D eigenvalue weighted by Crippen LogP contribution is -2.17. The van der Waals surface area contributed by atoms with Crippen LogP contribution in [0.15, 0.2) is 12.1 Å². The van der Waals surface area contributed by atoms with Crippen molar-refractivity contribution in [1.82, 2.24) is 5.32 Å². The van der Waals surface area contributed by atoms with Crippen LogP contribution in [0.25, 0.3) is 0 Å². The molecule has 0 aliphatic carbocycles. The quantitative estimate of drug-likeness (QED) is 0.700. The number of likely N-dealkylation sites (N-methyl/N-ethyl adjacent to an activating group) is 1. The summed E-state index contributed by atoms with van der Waals surface area (Å²) in [5, 5.41) is 13.4. The SMILES string of the molecule is CNCC(O)c1cc(Cl)cc(Cl)c1N. The van der Waals surface area contributed by atoms with Crippen molar-refractivity contribution < 1.29 is 5.11 Å². The van der Waals surface area contributed by atoms with E-state index in [2.05, 4.69) is 5.32 Å². The van der Waals surface area contributed by atoms with Gasteiger partial charge in [-0.1, -0.05) is 23.2 Å². The van der Waals surface area contributed by atoms with Crippen LogP contribution < -0.4 is 11.1 Å². The number of benzene rings is 1. The molecule has 0 amide bonds. The molecule has 5 heteroatoms. The summed E-state index contributed by atoms with van der Waals surface area (Å²) in [6.45, 7) is 0.404. The molecule has 0 saturated heterocycles. The summed E-state index contributed by atoms with van der Waals surface area (Å²) >= 11 is 11.6. The Balaban J connectivity index is 3.07. The lowest BCUT2D eigenvalue weighted by Gasteiger charge is -2.14. The van der Waals surface area contributed by atoms with E-state index in [0.29, 0.717) is 27.8 Å². The van der Waals surface area contributed by atoms with Gasteiger partial charge >= 0.3 is 0 Å². The average Bonchev–Trinajstić information content (AvgIpc) is 2.11. The normalized spacial score (nSPS) is 12.9. The first-order valence-electron chi connectivity index (χ1n) is 4.13. The van der Waals surface area contributed by atoms with Gasteiger partial charge in [0, 0.05) is 17.1 Å². The minimum Gasteiger partial charge on any atom is -0.397 e. The Morgan fingerprint density at radius 3 is 2.71 bits per heavy atom. The van der Waals surface area contributed by atoms with Gasteiger partial charge in [0.05, 0.1) is 16.8 Å². The minimum atomic E-state index is -0.698. The Morgan fingerprint density at radius 1 is 1.50 bits per heavy atom. The molecule has 0 aliphatic rings. The van der Waals surface area contributed by atoms with E-state index in [9.17, 15) is 5.11 Å². The molecule has 0 saturated carbocycles. The molecule has 78 valence electrons. The largest absolute Gasteiger partial charge is 0.397 e. The van der Waals surface area contributed by atoms with Gasteiger partial charge in [0.25, 0.3) is 0 Å². The second-order valence-corrected chi connectivity index (χ2v) is 3.81. The summed E-state index contributed by atoms with van der Waals surface area (Å²) in [6.07, 6.45) is -0.698. The van der Waals surface area contributed by atoms with Crippen LogP contribution in [0.5, 0.6) is 0 Å². The molecule has 1 aromatic rings. The van der Waals surface area contributed by atoms with Gasteiger partial charge in [-0.2, -0.15) is 0 Å². The fourth-order valence-corrected chi connectivity index (χ4v) is 1.69. The van der Waals surface area contributed by atoms with Crippen molar-refractivity contribution in [2.24, 2.45) is 0 Å². The number of nitrogens with one attached hydrogen (secondary N) is 1. The molecule has 3 nitrogen and oxygen atoms in total. The van der Waals surface area contributed by atoms with Crippen LogP contribution in [0.4, 0.5) is 5.69 Å². The van der Waals surface area contributed by atoms with Gasteiger partial charge in [0.1, 0.15) is 0 Å². The number of nitrogens with two attached hydrogens (primary N) is 1. The summed E-state index contributed by atoms with van der Waals surface area (Å²) in [4.78, 5) is 0. The van der Waals surface area contributed by atoms with Crippen LogP contribution >= 0.6 is 23.2 Å². The van der Waals surface area contributed by atoms with Crippen molar-refractivity contribution in [3.8, 4) is 0 Å². The standard InChI is InChI=1S/C9H12Cl2N2O/c1-13-4-8(14)6-2-5(10)3-7(11)9(6)12/h2-3,8,13-14H,4,12H2,1H3. The molecule has 1 unspecified atom stereocenters. The summed E-state index contributed by atoms with van der Waals surface area (Å²) in [5.74, 6) is 0. The van der Waals surface area contributed by atoms with E-state index in [0.717, 1.165) is 0 Å². The van der Waals surface area contributed by atoms with E-state index < -0.39 is 6.10 Å². The molecule has 0 aliphatic heterocycles. The van der Waals surface area contributed by atoms with E-state index in [1.165, 1.54) is 0 Å². The molecule has 0 aromatic heterocycles. The van der Waals surface area contributed by atoms with Gasteiger partial charge in [-0.15, -0.1) is 0 Å². The van der Waals surface area contributed by atoms with Crippen LogP contribution in [0.3, 0.4) is 0 Å². The van der Waals surface area contributed by atoms with Crippen LogP contribution in [0.1, 0.15) is 11.7 Å². The van der Waals surface area contributed by atoms with Gasteiger partial charge in [-0.05, 0) is 19.2 Å². The zero-order valence-corrected chi connectivity index (χ0v) is 9.23. The van der Waals surface area contributed by atoms with E-state index in [1.54, 1.807) is 19.2 Å². The third kappa shape index (κ3) is 2.51. The first kappa shape index (κ1) is 11.6. The molecule has 0 radical (unpaired) electrons. The number of anilines is 1. The smallest absolute Gasteiger partial charge is 0.0935 e. The van der Waals surface area contributed by atoms with Crippen LogP contribution in [0.2, 0.25) is 10.0 Å². The Morgan fingerprint density at radius 2 is 2.14 bits per heavy atom. The summed E-state index contributed by atoms with van der Waals surface area (Å²) in [6, 6.07) is 3.17. The fraction of sp³-hybridized carbons (Fsp3) is 0.333. The van der Waals surface area contributed by atoms with Crippen LogP contribution in [-0.2, 0) is 0 Å². The average molecular weight is 235 g/mol. The van der Waals surface area contributed by atoms with Crippen LogP contribution in [0, 0.1) is 0 Å². The van der Waals surface area contributed by atoms with Gasteiger partial charge < -0.3 is 16.2 Å². The molecule has 1 aromatic carbocycles. The molecule has 1 atom stereocenters. The highest BCUT2D eigenvalue weighted by atomic mass is 35.5. The van der Waals surface area contributed by atoms with Crippen molar-refractivity contribution in [2.75, 3.05) is 19.3 Å². The van der Waals surface area contributed by atoms with E-state index in [1.807, 2.05) is 0 Å². The van der Waals surface area contributed by atoms with Gasteiger partial charge in [-0.3, -0.25) is 0 Å². The second kappa shape index (κ2) is 4.84. The van der Waals surface area contributed by atoms with Gasteiger partial charge in [-0.25, -0.2) is 0 Å². The van der Waals surface area contributed by atoms with Gasteiger partial charge in [0.15, 0.2) is 0 Å². The highest BCUT2D eigenvalue weighted by Crippen LogP contribution is 2.31. The second-order valence-electron chi connectivity index (χ2n) is 2.96. The molecular weight excluding hydrogens is 223 g/mol. The lowest BCUT2D eigenvalue weighted by molar-refractivity contribution is 0.178. The molecule has 0 spiro atoms. The zero-order chi connectivity index (χ0) is 10.7. The Labute approximate surface area is 92.8 Å². The first-order valence-corrected chi connectivity index (χ1v) is 4.89. The lowest BCUT2D eigenvalue weighted by atomic mass is 10.1. The van der Waals surface area contributed by atoms with E-state index in [-0.39, 0.29) is 0 Å². The summed E-state index contributed by atoms with van der Waals surface area (Å²) < 4.78 is 0. The maximum absolute atomic E-state index is 9.69. The fourth-order valence-electron chi connectivity index (χ4n) is 1.18. The van der Waals surface area contributed by atoms with Crippen molar-refractivity contribution in [2.45, 2.75) is 6.10 Å². The van der Waals surface area contributed by atoms with Crippen molar-refractivity contribution in [1.29, 1.82) is 0 Å². The van der Waals surface area contributed by atoms with Crippen molar-refractivity contribution >= 4 is 28.9 Å². The van der Waals surface area contributed by atoms with Crippen molar-refractivity contribution in [3.63, 3.8) is 0 Å². The zero-order valence-electron chi connectivity index (χ0n) is 7.72. The molecule has 0 bridgehead atoms. The summed E-state index contributed by atoms with van der Waals surface area (Å²) in [5.41, 5.74) is 6.63. The van der Waals surface area contributed by atoms with Crippen molar-refractivity contribution in [3.05, 3.63) is 27.7 Å². The number of hydrogen-bond donors (Lipinski definition) is 3. The molecule has 14 heavy (non-hydrogen) atoms. The number of halogens is 2. The van der Waals surface area contributed by atoms with Gasteiger partial charge in [0.2, 0.25) is 0 Å². The van der Waals surface area contributed by atoms with Crippen LogP contribution in [-0.4, -0.2) is 18.7 Å². The molecule has 0 heterocycles. The predicted octanol–water partition coefficient (Wildman–Crippen LogP) is 1.83. The third-order valence-corrected chi connectivity index (χ3v) is 2.41. The minimum absolute atomic E-state index is 0.364. The highest BCUT2D eigenvalue weighted by molar-refractivity contribution is 6.36. The molecule has 1 rings (SSSR count). The Kier molecular flexibility index (Phi) is 4.01. The topological polar surface area (TPSA) is 58.3 Å². The maximum atomic E-state index is 9.69. The third-order valence-electron chi connectivity index (χ3n) is 1.88. The summed E-state index contributed by atoms with van der Waals surface area (Å²) in [7, 11) is 1.74. The monoisotopic (exact) mass is 234 g/mol. The highest BCUT2D eigenvalue weighted by Gasteiger charge is 2.13. The Hall–Kier alpha value is -0.480. The number of aliphatic hydroxyl groups excluding tert-OH is 1. The maximum Gasteiger partial charge on any atom is 0.0935 e. The first-order chi connectivity index (χ1) is 6.56. The number of hydrogen-bond acceptors (Lipinski definition) is 3.